The number of carbonyl (C=O) groups excluding carboxylic acids is 1. The fraction of sp³-hybridized carbons (Fsp3) is 0.184. The Morgan fingerprint density at radius 3 is 2.43 bits per heavy atom. The molecule has 0 unspecified atom stereocenters. The number of carbonyl (C=O) groups is 1. The first-order chi connectivity index (χ1) is 24.3. The van der Waals surface area contributed by atoms with E-state index in [0.29, 0.717) is 46.8 Å². The van der Waals surface area contributed by atoms with E-state index in [4.69, 9.17) is 20.1 Å². The Hall–Kier alpha value is -6.00. The number of fused-ring (bicyclic) bond motifs is 2. The number of benzene rings is 4. The first-order valence-corrected chi connectivity index (χ1v) is 18.9. The minimum atomic E-state index is -2.42. The van der Waals surface area contributed by atoms with Crippen LogP contribution in [0.4, 0.5) is 22.1 Å². The second kappa shape index (κ2) is 13.0. The Balaban J connectivity index is 1.11. The summed E-state index contributed by atoms with van der Waals surface area (Å²) in [6, 6.07) is 27.4. The number of hydrogen-bond acceptors (Lipinski definition) is 9. The van der Waals surface area contributed by atoms with Crippen molar-refractivity contribution in [3.05, 3.63) is 114 Å². The molecule has 0 aliphatic carbocycles. The maximum Gasteiger partial charge on any atom is 0.324 e. The third-order valence-corrected chi connectivity index (χ3v) is 9.93. The quantitative estimate of drug-likeness (QED) is 0.133. The number of nitrogens with one attached hydrogen (secondary N) is 2. The van der Waals surface area contributed by atoms with Crippen molar-refractivity contribution in [2.75, 3.05) is 29.7 Å². The summed E-state index contributed by atoms with van der Waals surface area (Å²) in [5.41, 5.74) is 9.37. The van der Waals surface area contributed by atoms with Crippen molar-refractivity contribution in [3.8, 4) is 17.3 Å². The lowest BCUT2D eigenvalue weighted by Gasteiger charge is -2.14. The molecule has 0 fully saturated rings. The normalized spacial score (nSPS) is 11.9. The Morgan fingerprint density at radius 1 is 0.922 bits per heavy atom. The van der Waals surface area contributed by atoms with Crippen LogP contribution >= 0.6 is 7.14 Å². The van der Waals surface area contributed by atoms with E-state index in [9.17, 15) is 9.36 Å². The minimum absolute atomic E-state index is 0.266. The van der Waals surface area contributed by atoms with Crippen LogP contribution < -0.4 is 26.4 Å². The predicted molar refractivity (Wildman–Crippen MR) is 201 cm³/mol. The molecule has 0 aliphatic rings. The molecular weight excluding hydrogens is 663 g/mol. The van der Waals surface area contributed by atoms with Gasteiger partial charge in [0, 0.05) is 46.2 Å². The molecule has 4 aromatic carbocycles. The molecule has 0 saturated carbocycles. The highest BCUT2D eigenvalue weighted by Crippen LogP contribution is 2.36. The molecule has 258 valence electrons. The third kappa shape index (κ3) is 7.18. The SMILES string of the molecule is CC(C)(C)c1cc(NC(=O)Nc2ccc(Oc3ccnc(Cc4ccc5onc(N)c5c4)n3)c3ccccc23)n(-c2ccc(P(C)(C)=O)cc2)n1. The second-order valence-electron chi connectivity index (χ2n) is 13.7. The molecule has 4 N–H and O–H groups in total. The molecule has 0 atom stereocenters. The molecule has 13 heteroatoms. The van der Waals surface area contributed by atoms with Crippen LogP contribution in [0.3, 0.4) is 0 Å². The average Bonchev–Trinajstić information content (AvgIpc) is 3.69. The zero-order valence-corrected chi connectivity index (χ0v) is 29.7. The van der Waals surface area contributed by atoms with E-state index in [1.54, 1.807) is 42.4 Å². The average molecular weight is 701 g/mol. The van der Waals surface area contributed by atoms with Gasteiger partial charge in [-0.05, 0) is 67.4 Å². The van der Waals surface area contributed by atoms with Gasteiger partial charge in [0.25, 0.3) is 0 Å². The molecule has 51 heavy (non-hydrogen) atoms. The van der Waals surface area contributed by atoms with Gasteiger partial charge in [-0.15, -0.1) is 0 Å². The van der Waals surface area contributed by atoms with Crippen molar-refractivity contribution in [1.29, 1.82) is 0 Å². The number of aromatic nitrogens is 5. The molecule has 12 nitrogen and oxygen atoms in total. The van der Waals surface area contributed by atoms with Gasteiger partial charge in [0.2, 0.25) is 5.88 Å². The van der Waals surface area contributed by atoms with Gasteiger partial charge in [-0.1, -0.05) is 56.3 Å². The number of urea groups is 1. The van der Waals surface area contributed by atoms with Crippen molar-refractivity contribution in [3.63, 3.8) is 0 Å². The Labute approximate surface area is 294 Å². The fourth-order valence-electron chi connectivity index (χ4n) is 5.66. The van der Waals surface area contributed by atoms with Crippen molar-refractivity contribution in [2.45, 2.75) is 32.6 Å². The maximum atomic E-state index is 13.5. The van der Waals surface area contributed by atoms with Crippen molar-refractivity contribution in [2.24, 2.45) is 0 Å². The first-order valence-electron chi connectivity index (χ1n) is 16.3. The molecule has 7 rings (SSSR count). The van der Waals surface area contributed by atoms with E-state index >= 15 is 0 Å². The van der Waals surface area contributed by atoms with Crippen LogP contribution in [0.5, 0.6) is 11.6 Å². The number of ether oxygens (including phenoxy) is 1. The van der Waals surface area contributed by atoms with Crippen molar-refractivity contribution < 1.29 is 18.6 Å². The van der Waals surface area contributed by atoms with E-state index in [-0.39, 0.29) is 5.41 Å². The summed E-state index contributed by atoms with van der Waals surface area (Å²) in [4.78, 5) is 22.6. The lowest BCUT2D eigenvalue weighted by Crippen LogP contribution is -2.21. The van der Waals surface area contributed by atoms with Crippen molar-refractivity contribution >= 4 is 57.5 Å². The molecule has 2 amide bonds. The molecule has 0 aliphatic heterocycles. The highest BCUT2D eigenvalue weighted by molar-refractivity contribution is 7.70. The van der Waals surface area contributed by atoms with Gasteiger partial charge in [-0.2, -0.15) is 10.1 Å². The van der Waals surface area contributed by atoms with Gasteiger partial charge < -0.3 is 24.9 Å². The molecule has 7 aromatic rings. The molecule has 3 aromatic heterocycles. The number of rotatable bonds is 8. The van der Waals surface area contributed by atoms with Crippen molar-refractivity contribution in [1.82, 2.24) is 24.9 Å². The van der Waals surface area contributed by atoms with Gasteiger partial charge in [-0.25, -0.2) is 14.5 Å². The molecule has 0 bridgehead atoms. The lowest BCUT2D eigenvalue weighted by molar-refractivity contribution is 0.262. The summed E-state index contributed by atoms with van der Waals surface area (Å²) in [5.74, 6) is 2.35. The van der Waals surface area contributed by atoms with Crippen LogP contribution in [0.2, 0.25) is 0 Å². The number of hydrogen-bond donors (Lipinski definition) is 3. The van der Waals surface area contributed by atoms with Crippen LogP contribution in [0, 0.1) is 0 Å². The van der Waals surface area contributed by atoms with Gasteiger partial charge in [0.1, 0.15) is 24.5 Å². The Bertz CT molecular complexity index is 2460. The number of amides is 2. The molecule has 0 saturated heterocycles. The lowest BCUT2D eigenvalue weighted by atomic mass is 9.92. The van der Waals surface area contributed by atoms with Crippen LogP contribution in [0.15, 0.2) is 102 Å². The summed E-state index contributed by atoms with van der Waals surface area (Å²) in [6.07, 6.45) is 2.11. The standard InChI is InChI=1S/C38H37N8O4P/c1-38(2,3)32-22-34(46(44-32)24-11-13-25(14-12-24)51(4,5)48)43-37(47)41-29-15-17-30(27-9-7-6-8-26(27)29)49-35-18-19-40-33(42-35)21-23-10-16-31-28(20-23)36(39)45-50-31/h6-20,22H,21H2,1-5H3,(H2,39,45)(H2,41,43,47). The highest BCUT2D eigenvalue weighted by Gasteiger charge is 2.22. The van der Waals surface area contributed by atoms with E-state index < -0.39 is 13.2 Å². The summed E-state index contributed by atoms with van der Waals surface area (Å²) >= 11 is 0. The van der Waals surface area contributed by atoms with Gasteiger partial charge in [0.05, 0.1) is 22.5 Å². The van der Waals surface area contributed by atoms with Gasteiger partial charge in [-0.3, -0.25) is 5.32 Å². The van der Waals surface area contributed by atoms with Crippen LogP contribution in [-0.2, 0) is 16.4 Å². The van der Waals surface area contributed by atoms with E-state index in [1.165, 1.54) is 0 Å². The predicted octanol–water partition coefficient (Wildman–Crippen LogP) is 8.11. The zero-order chi connectivity index (χ0) is 35.9. The van der Waals surface area contributed by atoms with Crippen LogP contribution in [-0.4, -0.2) is 44.3 Å². The second-order valence-corrected chi connectivity index (χ2v) is 16.9. The number of nitrogens with zero attached hydrogens (tertiary/aromatic N) is 5. The zero-order valence-electron chi connectivity index (χ0n) is 28.8. The number of anilines is 3. The molecule has 3 heterocycles. The van der Waals surface area contributed by atoms with E-state index in [0.717, 1.165) is 38.4 Å². The summed E-state index contributed by atoms with van der Waals surface area (Å²) < 4.78 is 25.8. The van der Waals surface area contributed by atoms with Crippen LogP contribution in [0.25, 0.3) is 27.4 Å². The largest absolute Gasteiger partial charge is 0.438 e. The van der Waals surface area contributed by atoms with Crippen LogP contribution in [0.1, 0.15) is 37.9 Å². The highest BCUT2D eigenvalue weighted by atomic mass is 31.2. The molecule has 0 radical (unpaired) electrons. The Kier molecular flexibility index (Phi) is 8.56. The minimum Gasteiger partial charge on any atom is -0.438 e. The summed E-state index contributed by atoms with van der Waals surface area (Å²) in [7, 11) is -2.42. The third-order valence-electron chi connectivity index (χ3n) is 8.39. The van der Waals surface area contributed by atoms with E-state index in [2.05, 4.69) is 46.5 Å². The topological polar surface area (TPSA) is 163 Å². The number of nitrogens with two attached hydrogens (primary N) is 1. The summed E-state index contributed by atoms with van der Waals surface area (Å²) in [6.45, 7) is 9.66. The maximum absolute atomic E-state index is 13.5. The van der Waals surface area contributed by atoms with E-state index in [1.807, 2.05) is 72.8 Å². The summed E-state index contributed by atoms with van der Waals surface area (Å²) in [5, 5.41) is 17.7. The smallest absolute Gasteiger partial charge is 0.324 e. The Morgan fingerprint density at radius 2 is 1.69 bits per heavy atom. The van der Waals surface area contributed by atoms with Gasteiger partial charge >= 0.3 is 6.03 Å². The fourth-order valence-corrected chi connectivity index (χ4v) is 6.52. The molecule has 0 spiro atoms. The number of nitrogen functional groups attached to an aromatic ring is 1. The first kappa shape index (κ1) is 33.5. The molecular formula is C38H37N8O4P. The monoisotopic (exact) mass is 700 g/mol. The van der Waals surface area contributed by atoms with Gasteiger partial charge in [0.15, 0.2) is 11.4 Å².